The maximum Gasteiger partial charge on any atom is 0.205 e. The molecule has 0 bridgehead atoms. The first-order valence-corrected chi connectivity index (χ1v) is 2.56. The van der Waals surface area contributed by atoms with Gasteiger partial charge in [0, 0.05) is 0 Å². The predicted molar refractivity (Wildman–Crippen MR) is 40.8 cm³/mol. The largest absolute Gasteiger partial charge is 0.481 e. The molecule has 52 valence electrons. The normalized spacial score (nSPS) is 7.78. The molecule has 0 atom stereocenters. The van der Waals surface area contributed by atoms with E-state index in [4.69, 9.17) is 5.41 Å². The molecule has 0 aromatic carbocycles. The lowest BCUT2D eigenvalue weighted by molar-refractivity contribution is 0.403. The summed E-state index contributed by atoms with van der Waals surface area (Å²) >= 11 is 0. The van der Waals surface area contributed by atoms with Gasteiger partial charge in [-0.15, -0.1) is 13.2 Å². The number of allylic oxidation sites excluding steroid dienone is 1. The van der Waals surface area contributed by atoms with E-state index in [1.165, 1.54) is 7.11 Å². The minimum absolute atomic E-state index is 0.197. The lowest BCUT2D eigenvalue weighted by Gasteiger charge is -1.89. The average molecular weight is 127 g/mol. The van der Waals surface area contributed by atoms with Crippen LogP contribution in [0, 0.1) is 5.41 Å². The Labute approximate surface area is 56.4 Å². The van der Waals surface area contributed by atoms with E-state index in [1.54, 1.807) is 12.2 Å². The number of rotatable bonds is 1. The summed E-state index contributed by atoms with van der Waals surface area (Å²) in [6, 6.07) is 0. The van der Waals surface area contributed by atoms with Crippen molar-refractivity contribution in [2.75, 3.05) is 7.11 Å². The van der Waals surface area contributed by atoms with Gasteiger partial charge in [-0.2, -0.15) is 0 Å². The molecule has 0 aliphatic heterocycles. The zero-order chi connectivity index (χ0) is 7.70. The average Bonchev–Trinajstić information content (AvgIpc) is 1.93. The topological polar surface area (TPSA) is 33.1 Å². The van der Waals surface area contributed by atoms with E-state index < -0.39 is 0 Å². The summed E-state index contributed by atoms with van der Waals surface area (Å²) in [6.45, 7) is 7.84. The molecule has 0 aliphatic carbocycles. The molecule has 0 saturated heterocycles. The number of hydrogen-bond donors (Lipinski definition) is 1. The third-order valence-corrected chi connectivity index (χ3v) is 0.538. The Morgan fingerprint density at radius 1 is 1.56 bits per heavy atom. The Kier molecular flexibility index (Phi) is 12.1. The van der Waals surface area contributed by atoms with Crippen molar-refractivity contribution < 1.29 is 4.74 Å². The minimum Gasteiger partial charge on any atom is -0.481 e. The molecule has 0 aromatic rings. The molecule has 1 N–H and O–H groups in total. The second kappa shape index (κ2) is 10.0. The van der Waals surface area contributed by atoms with Crippen LogP contribution in [0.3, 0.4) is 0 Å². The van der Waals surface area contributed by atoms with Crippen molar-refractivity contribution in [3.8, 4) is 0 Å². The Balaban J connectivity index is 0. The van der Waals surface area contributed by atoms with Crippen LogP contribution in [0.2, 0.25) is 0 Å². The van der Waals surface area contributed by atoms with Crippen LogP contribution < -0.4 is 0 Å². The third kappa shape index (κ3) is 10.9. The summed E-state index contributed by atoms with van der Waals surface area (Å²) in [4.78, 5) is 0. The van der Waals surface area contributed by atoms with Gasteiger partial charge in [0.25, 0.3) is 0 Å². The first kappa shape index (κ1) is 10.8. The van der Waals surface area contributed by atoms with Crippen LogP contribution in [0.4, 0.5) is 0 Å². The van der Waals surface area contributed by atoms with E-state index in [0.717, 1.165) is 0 Å². The molecular weight excluding hydrogens is 114 g/mol. The molecule has 0 aliphatic rings. The quantitative estimate of drug-likeness (QED) is 0.326. The van der Waals surface area contributed by atoms with E-state index in [1.807, 2.05) is 6.92 Å². The zero-order valence-electron chi connectivity index (χ0n) is 5.98. The molecule has 0 fully saturated rings. The summed E-state index contributed by atoms with van der Waals surface area (Å²) in [7, 11) is 1.47. The van der Waals surface area contributed by atoms with Crippen LogP contribution >= 0.6 is 0 Å². The van der Waals surface area contributed by atoms with Crippen molar-refractivity contribution >= 4 is 5.90 Å². The van der Waals surface area contributed by atoms with Crippen LogP contribution in [-0.2, 0) is 4.74 Å². The Morgan fingerprint density at radius 3 is 2.11 bits per heavy atom. The number of ether oxygens (including phenoxy) is 1. The second-order valence-corrected chi connectivity index (χ2v) is 1.07. The van der Waals surface area contributed by atoms with Gasteiger partial charge in [0.05, 0.1) is 7.11 Å². The molecule has 0 heterocycles. The maximum absolute atomic E-state index is 6.83. The van der Waals surface area contributed by atoms with Crippen molar-refractivity contribution in [2.24, 2.45) is 0 Å². The molecule has 0 amide bonds. The fraction of sp³-hybridized carbons (Fsp3) is 0.286. The summed E-state index contributed by atoms with van der Waals surface area (Å²) < 4.78 is 4.49. The fourth-order valence-corrected chi connectivity index (χ4v) is 0.219. The van der Waals surface area contributed by atoms with Crippen molar-refractivity contribution in [2.45, 2.75) is 6.92 Å². The van der Waals surface area contributed by atoms with Crippen molar-refractivity contribution in [1.82, 2.24) is 0 Å². The molecule has 0 saturated carbocycles. The SMILES string of the molecule is C/C=C\C(=N)OC.C=C. The van der Waals surface area contributed by atoms with Crippen molar-refractivity contribution in [3.63, 3.8) is 0 Å². The van der Waals surface area contributed by atoms with Crippen molar-refractivity contribution in [3.05, 3.63) is 25.3 Å². The van der Waals surface area contributed by atoms with Crippen molar-refractivity contribution in [1.29, 1.82) is 5.41 Å². The van der Waals surface area contributed by atoms with E-state index in [2.05, 4.69) is 17.9 Å². The minimum atomic E-state index is 0.197. The van der Waals surface area contributed by atoms with E-state index in [0.29, 0.717) is 0 Å². The first-order valence-electron chi connectivity index (χ1n) is 2.56. The summed E-state index contributed by atoms with van der Waals surface area (Å²) in [5.41, 5.74) is 0. The zero-order valence-corrected chi connectivity index (χ0v) is 5.98. The van der Waals surface area contributed by atoms with Crippen LogP contribution in [0.15, 0.2) is 25.3 Å². The maximum atomic E-state index is 6.83. The molecule has 9 heavy (non-hydrogen) atoms. The second-order valence-electron chi connectivity index (χ2n) is 1.07. The van der Waals surface area contributed by atoms with Gasteiger partial charge in [-0.3, -0.25) is 5.41 Å². The molecule has 2 nitrogen and oxygen atoms in total. The van der Waals surface area contributed by atoms with Gasteiger partial charge in [0.1, 0.15) is 0 Å². The third-order valence-electron chi connectivity index (χ3n) is 0.538. The van der Waals surface area contributed by atoms with Crippen LogP contribution in [0.25, 0.3) is 0 Å². The molecule has 0 unspecified atom stereocenters. The van der Waals surface area contributed by atoms with Gasteiger partial charge >= 0.3 is 0 Å². The van der Waals surface area contributed by atoms with Crippen LogP contribution in [-0.4, -0.2) is 13.0 Å². The van der Waals surface area contributed by atoms with Gasteiger partial charge < -0.3 is 4.74 Å². The van der Waals surface area contributed by atoms with Gasteiger partial charge in [0.15, 0.2) is 0 Å². The summed E-state index contributed by atoms with van der Waals surface area (Å²) in [5.74, 6) is 0.197. The molecule has 2 heteroatoms. The number of methoxy groups -OCH3 is 1. The standard InChI is InChI=1S/C5H9NO.C2H4/c1-3-4-5(6)7-2;1-2/h3-4,6H,1-2H3;1-2H2/b4-3-,6-5?;. The summed E-state index contributed by atoms with van der Waals surface area (Å²) in [5, 5.41) is 6.83. The lowest BCUT2D eigenvalue weighted by atomic mass is 10.5. The predicted octanol–water partition coefficient (Wildman–Crippen LogP) is 1.99. The fourth-order valence-electron chi connectivity index (χ4n) is 0.219. The number of hydrogen-bond acceptors (Lipinski definition) is 2. The number of nitrogens with one attached hydrogen (secondary N) is 1. The highest BCUT2D eigenvalue weighted by Gasteiger charge is 1.77. The lowest BCUT2D eigenvalue weighted by Crippen LogP contribution is -1.90. The monoisotopic (exact) mass is 127 g/mol. The van der Waals surface area contributed by atoms with E-state index in [9.17, 15) is 0 Å². The van der Waals surface area contributed by atoms with E-state index in [-0.39, 0.29) is 5.90 Å². The molecule has 0 radical (unpaired) electrons. The van der Waals surface area contributed by atoms with Crippen LogP contribution in [0.1, 0.15) is 6.92 Å². The summed E-state index contributed by atoms with van der Waals surface area (Å²) in [6.07, 6.45) is 3.34. The molecule has 0 aromatic heterocycles. The van der Waals surface area contributed by atoms with Gasteiger partial charge in [-0.05, 0) is 13.0 Å². The van der Waals surface area contributed by atoms with Crippen LogP contribution in [0.5, 0.6) is 0 Å². The first-order chi connectivity index (χ1) is 4.31. The highest BCUT2D eigenvalue weighted by Crippen LogP contribution is 1.74. The van der Waals surface area contributed by atoms with Gasteiger partial charge in [-0.25, -0.2) is 0 Å². The highest BCUT2D eigenvalue weighted by molar-refractivity contribution is 5.84. The Morgan fingerprint density at radius 2 is 2.00 bits per heavy atom. The van der Waals surface area contributed by atoms with E-state index >= 15 is 0 Å². The smallest absolute Gasteiger partial charge is 0.205 e. The molecule has 0 spiro atoms. The van der Waals surface area contributed by atoms with Gasteiger partial charge in [0.2, 0.25) is 5.90 Å². The highest BCUT2D eigenvalue weighted by atomic mass is 16.5. The Hall–Kier alpha value is -1.05. The molecular formula is C7H13NO. The molecule has 0 rings (SSSR count). The van der Waals surface area contributed by atoms with Gasteiger partial charge in [-0.1, -0.05) is 6.08 Å². The Bertz CT molecular complexity index is 97.1.